The van der Waals surface area contributed by atoms with Gasteiger partial charge in [0.2, 0.25) is 65.0 Å². The molecule has 0 saturated carbocycles. The number of aromatic hydroxyl groups is 1. The van der Waals surface area contributed by atoms with Gasteiger partial charge in [0.25, 0.3) is 0 Å². The van der Waals surface area contributed by atoms with Gasteiger partial charge >= 0.3 is 5.97 Å². The number of phenolic OH excluding ortho intramolecular Hbond substituents is 1. The number of benzene rings is 2. The van der Waals surface area contributed by atoms with E-state index >= 15 is 0 Å². The van der Waals surface area contributed by atoms with Crippen molar-refractivity contribution < 1.29 is 67.7 Å². The fraction of sp³-hybridized carbons (Fsp3) is 0.600. The van der Waals surface area contributed by atoms with Crippen LogP contribution in [0.15, 0.2) is 64.6 Å². The maximum Gasteiger partial charge on any atom is 0.305 e. The van der Waals surface area contributed by atoms with Crippen LogP contribution in [0.25, 0.3) is 0 Å². The monoisotopic (exact) mass is 1390 g/mol. The Morgan fingerprint density at radius 2 is 1.05 bits per heavy atom. The Labute approximate surface area is 577 Å². The molecule has 1 fully saturated rings. The molecule has 3 rings (SSSR count). The number of nitrogens with zero attached hydrogens (tertiary/aromatic N) is 3. The number of likely N-dealkylation sites (tertiary alicyclic amines) is 1. The van der Waals surface area contributed by atoms with Crippen LogP contribution in [-0.4, -0.2) is 198 Å². The minimum Gasteiger partial charge on any atom is -0.508 e. The van der Waals surface area contributed by atoms with E-state index in [1.807, 2.05) is 0 Å². The summed E-state index contributed by atoms with van der Waals surface area (Å²) in [7, 11) is 0. The summed E-state index contributed by atoms with van der Waals surface area (Å²) in [6.45, 7) is 7.03. The van der Waals surface area contributed by atoms with Gasteiger partial charge in [-0.15, -0.1) is 0 Å². The van der Waals surface area contributed by atoms with Gasteiger partial charge in [0.1, 0.15) is 60.1 Å². The van der Waals surface area contributed by atoms with Crippen molar-refractivity contribution in [1.29, 1.82) is 0 Å². The summed E-state index contributed by atoms with van der Waals surface area (Å²) < 4.78 is 0. The molecule has 11 amide bonds. The number of hydrogen-bond acceptors (Lipinski definition) is 18. The summed E-state index contributed by atoms with van der Waals surface area (Å²) in [5, 5.41) is 43.0. The van der Waals surface area contributed by atoms with E-state index in [2.05, 4.69) is 57.8 Å². The normalized spacial score (nSPS) is 15.6. The molecule has 1 heterocycles. The van der Waals surface area contributed by atoms with Gasteiger partial charge in [0, 0.05) is 26.1 Å². The summed E-state index contributed by atoms with van der Waals surface area (Å²) in [6.07, 6.45) is 1.96. The van der Waals surface area contributed by atoms with E-state index in [-0.39, 0.29) is 114 Å². The summed E-state index contributed by atoms with van der Waals surface area (Å²) in [4.78, 5) is 176. The molecular weight excluding hydrogens is 1280 g/mol. The topological polar surface area (TPSA) is 590 Å². The van der Waals surface area contributed by atoms with Crippen molar-refractivity contribution >= 4 is 82.9 Å². The lowest BCUT2D eigenvalue weighted by Gasteiger charge is -2.32. The molecule has 34 heteroatoms. The number of nitrogens with one attached hydrogen (secondary N) is 9. The number of nitrogens with two attached hydrogens (primary N) is 8. The molecule has 99 heavy (non-hydrogen) atoms. The number of primary amides is 1. The van der Waals surface area contributed by atoms with Crippen LogP contribution in [0.4, 0.5) is 0 Å². The fourth-order valence-corrected chi connectivity index (χ4v) is 10.8. The molecule has 34 nitrogen and oxygen atoms in total. The number of carbonyl (C=O) groups excluding carboxylic acids is 11. The molecule has 0 aliphatic carbocycles. The first-order chi connectivity index (χ1) is 47.0. The molecule has 11 atom stereocenters. The van der Waals surface area contributed by atoms with Gasteiger partial charge in [-0.1, -0.05) is 76.6 Å². The van der Waals surface area contributed by atoms with Gasteiger partial charge in [-0.3, -0.25) is 67.5 Å². The zero-order chi connectivity index (χ0) is 73.7. The second-order valence-electron chi connectivity index (χ2n) is 25.0. The molecule has 27 N–H and O–H groups in total. The summed E-state index contributed by atoms with van der Waals surface area (Å²) in [6, 6.07) is 0.938. The lowest BCUT2D eigenvalue weighted by atomic mass is 9.96. The Hall–Kier alpha value is -9.70. The molecule has 1 saturated heterocycles. The second-order valence-corrected chi connectivity index (χ2v) is 25.0. The molecule has 0 bridgehead atoms. The highest BCUT2D eigenvalue weighted by molar-refractivity contribution is 5.99. The SMILES string of the molecule is CC[C@H](C)[C@H](NC(=O)[C@H](CCCCN)NC(=O)[C@H](CCCN=C(N)N)NC(=O)[C@H](CC(C)C)NC(=O)[C@H](Cc1ccccc1)NC(=O)[C@@H](CC(=O)O)NC(=O)CNC(=O)[C@@H](N)Cc1ccc(O)cc1)C(=O)N[C@@H](CCCN=C(N)N)C(=O)N1CCC[C@H]1C(=O)N[C@@H](CCCCN)C(N)=O. The predicted octanol–water partition coefficient (Wildman–Crippen LogP) is -4.09. The van der Waals surface area contributed by atoms with Crippen molar-refractivity contribution in [2.45, 2.75) is 197 Å². The van der Waals surface area contributed by atoms with Crippen LogP contribution in [0.3, 0.4) is 0 Å². The number of carboxylic acid groups (broad SMARTS) is 1. The lowest BCUT2D eigenvalue weighted by Crippen LogP contribution is -2.61. The molecule has 550 valence electrons. The third-order valence-electron chi connectivity index (χ3n) is 16.4. The van der Waals surface area contributed by atoms with Crippen LogP contribution in [0, 0.1) is 11.8 Å². The van der Waals surface area contributed by atoms with Crippen LogP contribution in [0.1, 0.15) is 135 Å². The molecule has 0 aromatic heterocycles. The zero-order valence-corrected chi connectivity index (χ0v) is 57.1. The van der Waals surface area contributed by atoms with Crippen molar-refractivity contribution in [3.05, 3.63) is 65.7 Å². The highest BCUT2D eigenvalue weighted by Gasteiger charge is 2.41. The van der Waals surface area contributed by atoms with Crippen LogP contribution >= 0.6 is 0 Å². The predicted molar refractivity (Wildman–Crippen MR) is 369 cm³/mol. The smallest absolute Gasteiger partial charge is 0.305 e. The van der Waals surface area contributed by atoms with E-state index in [4.69, 9.17) is 45.9 Å². The van der Waals surface area contributed by atoms with Crippen molar-refractivity contribution in [2.75, 3.05) is 39.3 Å². The zero-order valence-electron chi connectivity index (χ0n) is 57.1. The average Bonchev–Trinajstić information content (AvgIpc) is 1.78. The van der Waals surface area contributed by atoms with Crippen LogP contribution in [0.2, 0.25) is 0 Å². The maximum absolute atomic E-state index is 14.7. The molecule has 2 aromatic rings. The molecular formula is C65H106N20O14. The highest BCUT2D eigenvalue weighted by atomic mass is 16.4. The number of rotatable bonds is 46. The largest absolute Gasteiger partial charge is 0.508 e. The third kappa shape index (κ3) is 31.1. The Morgan fingerprint density at radius 3 is 1.60 bits per heavy atom. The molecule has 2 aromatic carbocycles. The number of phenols is 1. The van der Waals surface area contributed by atoms with E-state index in [9.17, 15) is 67.7 Å². The standard InChI is InChI=1S/C65H106N20O14/c1-5-38(4)53(62(98)81-46(21-14-30-75-65(72)73)63(99)85-31-15-22-50(85)61(97)78-43(54(69)90)18-9-11-27-66)84-57(93)44(19-10-12-28-67)79-56(92)45(20-13-29-74-64(70)71)80-58(94)47(32-37(2)3)82-59(95)48(34-39-16-7-6-8-17-39)83-60(96)49(35-52(88)89)77-51(87)36-76-55(91)42(68)33-40-23-25-41(86)26-24-40/h6-8,16-17,23-26,37-38,42-50,53,86H,5,9-15,18-22,27-36,66-68H2,1-4H3,(H2,69,90)(H,76,91)(H,77,87)(H,78,97)(H,79,92)(H,80,94)(H,81,98)(H,82,95)(H,83,96)(H,84,93)(H,88,89)(H4,70,71,74)(H4,72,73,75)/t38-,42-,43-,44-,45-,46-,47-,48-,49+,50-,53-/m0/s1. The number of hydrogen-bond donors (Lipinski definition) is 19. The number of aliphatic carboxylic acids is 1. The van der Waals surface area contributed by atoms with Crippen molar-refractivity contribution in [3.8, 4) is 5.75 Å². The first-order valence-corrected chi connectivity index (χ1v) is 33.6. The Bertz CT molecular complexity index is 3040. The summed E-state index contributed by atoms with van der Waals surface area (Å²) >= 11 is 0. The van der Waals surface area contributed by atoms with Crippen molar-refractivity contribution in [1.82, 2.24) is 52.8 Å². The minimum atomic E-state index is -1.79. The number of aliphatic imine (C=N–C) groups is 2. The number of carbonyl (C=O) groups is 12. The number of guanidine groups is 2. The lowest BCUT2D eigenvalue weighted by molar-refractivity contribution is -0.142. The van der Waals surface area contributed by atoms with E-state index in [0.29, 0.717) is 56.2 Å². The van der Waals surface area contributed by atoms with Gasteiger partial charge in [-0.05, 0) is 138 Å². The first kappa shape index (κ1) is 83.5. The molecule has 1 aliphatic rings. The third-order valence-corrected chi connectivity index (χ3v) is 16.4. The molecule has 0 radical (unpaired) electrons. The van der Waals surface area contributed by atoms with Gasteiger partial charge in [0.15, 0.2) is 11.9 Å². The van der Waals surface area contributed by atoms with Gasteiger partial charge < -0.3 is 109 Å². The Balaban J connectivity index is 1.95. The first-order valence-electron chi connectivity index (χ1n) is 33.6. The molecule has 1 aliphatic heterocycles. The van der Waals surface area contributed by atoms with E-state index in [1.165, 1.54) is 17.0 Å². The number of carboxylic acids is 1. The van der Waals surface area contributed by atoms with Crippen molar-refractivity contribution in [3.63, 3.8) is 0 Å². The van der Waals surface area contributed by atoms with Crippen LogP contribution in [0.5, 0.6) is 5.75 Å². The van der Waals surface area contributed by atoms with Gasteiger partial charge in [-0.2, -0.15) is 0 Å². The van der Waals surface area contributed by atoms with Crippen molar-refractivity contribution in [2.24, 2.45) is 67.7 Å². The van der Waals surface area contributed by atoms with Gasteiger partial charge in [0.05, 0.1) is 19.0 Å². The van der Waals surface area contributed by atoms with E-state index in [1.54, 1.807) is 70.2 Å². The van der Waals surface area contributed by atoms with E-state index in [0.717, 1.165) is 0 Å². The van der Waals surface area contributed by atoms with Crippen LogP contribution in [-0.2, 0) is 70.4 Å². The van der Waals surface area contributed by atoms with E-state index < -0.39 is 150 Å². The Morgan fingerprint density at radius 1 is 0.556 bits per heavy atom. The summed E-state index contributed by atoms with van der Waals surface area (Å²) in [5.41, 5.74) is 46.7. The molecule has 0 unspecified atom stereocenters. The number of amides is 11. The average molecular weight is 1390 g/mol. The Kier molecular flexibility index (Phi) is 37.3. The number of unbranched alkanes of at least 4 members (excludes halogenated alkanes) is 2. The highest BCUT2D eigenvalue weighted by Crippen LogP contribution is 2.22. The second kappa shape index (κ2) is 44.3. The molecule has 0 spiro atoms. The summed E-state index contributed by atoms with van der Waals surface area (Å²) in [5.74, 6) is -12.0. The maximum atomic E-state index is 14.7. The van der Waals surface area contributed by atoms with Crippen LogP contribution < -0.4 is 93.7 Å². The fourth-order valence-electron chi connectivity index (χ4n) is 10.8. The quantitative estimate of drug-likeness (QED) is 0.0170. The minimum absolute atomic E-state index is 0.000393. The van der Waals surface area contributed by atoms with Gasteiger partial charge in [-0.25, -0.2) is 0 Å².